The molecule has 0 unspecified atom stereocenters. The third-order valence-electron chi connectivity index (χ3n) is 5.49. The van der Waals surface area contributed by atoms with Gasteiger partial charge in [-0.05, 0) is 30.3 Å². The van der Waals surface area contributed by atoms with Crippen molar-refractivity contribution in [3.05, 3.63) is 115 Å². The Bertz CT molecular complexity index is 1370. The zero-order valence-corrected chi connectivity index (χ0v) is 17.7. The molecule has 1 amide bonds. The normalized spacial score (nSPS) is 10.9. The van der Waals surface area contributed by atoms with Crippen LogP contribution in [0.25, 0.3) is 27.8 Å². The second kappa shape index (κ2) is 8.47. The van der Waals surface area contributed by atoms with Gasteiger partial charge in [0.1, 0.15) is 0 Å². The van der Waals surface area contributed by atoms with Crippen molar-refractivity contribution in [2.45, 2.75) is 6.54 Å². The van der Waals surface area contributed by atoms with Crippen LogP contribution < -0.4 is 0 Å². The Balaban J connectivity index is 1.51. The lowest BCUT2D eigenvalue weighted by atomic mass is 10.1. The number of nitrogens with zero attached hydrogens (tertiary/aromatic N) is 4. The molecule has 0 aliphatic carbocycles. The summed E-state index contributed by atoms with van der Waals surface area (Å²) in [6, 6.07) is 29.5. The minimum atomic E-state index is -0.0462. The Morgan fingerprint density at radius 1 is 0.875 bits per heavy atom. The standard InChI is InChI=1S/C27H22N4O/c1-30(27(32)24-14-8-16-25-23(24)15-9-17-28-25)18-21-19-31(22-12-6-3-7-13-22)29-26(21)20-10-4-2-5-11-20/h2-17,19H,18H2,1H3. The SMILES string of the molecule is CN(Cc1cn(-c2ccccc2)nc1-c1ccccc1)C(=O)c1cccc2ncccc12. The van der Waals surface area contributed by atoms with Gasteiger partial charge in [-0.25, -0.2) is 4.68 Å². The number of para-hydroxylation sites is 1. The lowest BCUT2D eigenvalue weighted by Gasteiger charge is -2.18. The predicted octanol–water partition coefficient (Wildman–Crippen LogP) is 5.36. The number of benzene rings is 3. The number of fused-ring (bicyclic) bond motifs is 1. The van der Waals surface area contributed by atoms with Crippen LogP contribution in [0, 0.1) is 0 Å². The van der Waals surface area contributed by atoms with E-state index in [0.29, 0.717) is 12.1 Å². The van der Waals surface area contributed by atoms with Crippen LogP contribution in [0.3, 0.4) is 0 Å². The molecule has 0 fully saturated rings. The molecule has 0 aliphatic heterocycles. The molecule has 5 rings (SSSR count). The molecule has 0 spiro atoms. The molecule has 0 aliphatic rings. The highest BCUT2D eigenvalue weighted by Gasteiger charge is 2.19. The average molecular weight is 419 g/mol. The van der Waals surface area contributed by atoms with Gasteiger partial charge in [0.25, 0.3) is 5.91 Å². The molecule has 3 aromatic carbocycles. The highest BCUT2D eigenvalue weighted by atomic mass is 16.2. The van der Waals surface area contributed by atoms with Gasteiger partial charge in [0, 0.05) is 48.1 Å². The maximum atomic E-state index is 13.4. The fourth-order valence-corrected chi connectivity index (χ4v) is 3.90. The van der Waals surface area contributed by atoms with E-state index in [4.69, 9.17) is 5.10 Å². The van der Waals surface area contributed by atoms with E-state index in [9.17, 15) is 4.79 Å². The Hall–Kier alpha value is -4.25. The van der Waals surface area contributed by atoms with Crippen LogP contribution in [0.2, 0.25) is 0 Å². The lowest BCUT2D eigenvalue weighted by molar-refractivity contribution is 0.0787. The van der Waals surface area contributed by atoms with Crippen molar-refractivity contribution < 1.29 is 4.79 Å². The topological polar surface area (TPSA) is 51.0 Å². The molecule has 0 N–H and O–H groups in total. The molecule has 0 bridgehead atoms. The first-order chi connectivity index (χ1) is 15.7. The van der Waals surface area contributed by atoms with Crippen molar-refractivity contribution >= 4 is 16.8 Å². The summed E-state index contributed by atoms with van der Waals surface area (Å²) >= 11 is 0. The van der Waals surface area contributed by atoms with Crippen LogP contribution in [-0.2, 0) is 6.54 Å². The summed E-state index contributed by atoms with van der Waals surface area (Å²) in [4.78, 5) is 19.5. The fourth-order valence-electron chi connectivity index (χ4n) is 3.90. The van der Waals surface area contributed by atoms with E-state index in [1.54, 1.807) is 11.1 Å². The molecule has 32 heavy (non-hydrogen) atoms. The van der Waals surface area contributed by atoms with E-state index in [-0.39, 0.29) is 5.91 Å². The smallest absolute Gasteiger partial charge is 0.254 e. The number of pyridine rings is 1. The average Bonchev–Trinajstić information content (AvgIpc) is 3.28. The van der Waals surface area contributed by atoms with Crippen molar-refractivity contribution in [2.24, 2.45) is 0 Å². The van der Waals surface area contributed by atoms with Gasteiger partial charge in [-0.2, -0.15) is 5.10 Å². The first-order valence-electron chi connectivity index (χ1n) is 10.5. The number of carbonyl (C=O) groups excluding carboxylic acids is 1. The first-order valence-corrected chi connectivity index (χ1v) is 10.5. The van der Waals surface area contributed by atoms with E-state index >= 15 is 0 Å². The molecule has 0 saturated carbocycles. The Labute approximate surface area is 186 Å². The summed E-state index contributed by atoms with van der Waals surface area (Å²) in [6.45, 7) is 0.437. The second-order valence-corrected chi connectivity index (χ2v) is 7.69. The molecule has 2 heterocycles. The Morgan fingerprint density at radius 3 is 2.41 bits per heavy atom. The third-order valence-corrected chi connectivity index (χ3v) is 5.49. The Kier molecular flexibility index (Phi) is 5.22. The highest BCUT2D eigenvalue weighted by molar-refractivity contribution is 6.06. The molecule has 0 atom stereocenters. The quantitative estimate of drug-likeness (QED) is 0.386. The summed E-state index contributed by atoms with van der Waals surface area (Å²) in [5, 5.41) is 5.71. The van der Waals surface area contributed by atoms with Crippen LogP contribution in [0.15, 0.2) is 103 Å². The maximum absolute atomic E-state index is 13.4. The van der Waals surface area contributed by atoms with E-state index in [1.165, 1.54) is 0 Å². The molecule has 5 heteroatoms. The molecule has 156 valence electrons. The second-order valence-electron chi connectivity index (χ2n) is 7.69. The predicted molar refractivity (Wildman–Crippen MR) is 127 cm³/mol. The monoisotopic (exact) mass is 418 g/mol. The summed E-state index contributed by atoms with van der Waals surface area (Å²) in [5.41, 5.74) is 5.31. The number of rotatable bonds is 5. The largest absolute Gasteiger partial charge is 0.337 e. The van der Waals surface area contributed by atoms with Gasteiger partial charge in [-0.1, -0.05) is 60.7 Å². The van der Waals surface area contributed by atoms with Gasteiger partial charge in [0.15, 0.2) is 0 Å². The summed E-state index contributed by atoms with van der Waals surface area (Å²) in [6.07, 6.45) is 3.75. The number of amides is 1. The summed E-state index contributed by atoms with van der Waals surface area (Å²) in [5.74, 6) is -0.0462. The van der Waals surface area contributed by atoms with Crippen molar-refractivity contribution in [1.82, 2.24) is 19.7 Å². The third kappa shape index (κ3) is 3.76. The lowest BCUT2D eigenvalue weighted by Crippen LogP contribution is -2.26. The minimum Gasteiger partial charge on any atom is -0.337 e. The minimum absolute atomic E-state index is 0.0462. The van der Waals surface area contributed by atoms with Crippen molar-refractivity contribution in [3.8, 4) is 16.9 Å². The van der Waals surface area contributed by atoms with Crippen molar-refractivity contribution in [1.29, 1.82) is 0 Å². The van der Waals surface area contributed by atoms with E-state index < -0.39 is 0 Å². The number of aromatic nitrogens is 3. The van der Waals surface area contributed by atoms with E-state index in [2.05, 4.69) is 4.98 Å². The number of hydrogen-bond acceptors (Lipinski definition) is 3. The maximum Gasteiger partial charge on any atom is 0.254 e. The summed E-state index contributed by atoms with van der Waals surface area (Å²) in [7, 11) is 1.83. The number of hydrogen-bond donors (Lipinski definition) is 0. The zero-order chi connectivity index (χ0) is 21.9. The molecule has 0 radical (unpaired) electrons. The van der Waals surface area contributed by atoms with Gasteiger partial charge in [0.2, 0.25) is 0 Å². The molecule has 5 aromatic rings. The van der Waals surface area contributed by atoms with Gasteiger partial charge in [-0.15, -0.1) is 0 Å². The van der Waals surface area contributed by atoms with Gasteiger partial charge < -0.3 is 4.90 Å². The molecular weight excluding hydrogens is 396 g/mol. The summed E-state index contributed by atoms with van der Waals surface area (Å²) < 4.78 is 1.87. The Morgan fingerprint density at radius 2 is 1.62 bits per heavy atom. The van der Waals surface area contributed by atoms with Gasteiger partial charge in [-0.3, -0.25) is 9.78 Å². The van der Waals surface area contributed by atoms with Crippen LogP contribution in [0.5, 0.6) is 0 Å². The van der Waals surface area contributed by atoms with Gasteiger partial charge >= 0.3 is 0 Å². The van der Waals surface area contributed by atoms with Gasteiger partial charge in [0.05, 0.1) is 16.9 Å². The molecule has 0 saturated heterocycles. The zero-order valence-electron chi connectivity index (χ0n) is 17.7. The highest BCUT2D eigenvalue weighted by Crippen LogP contribution is 2.26. The van der Waals surface area contributed by atoms with E-state index in [0.717, 1.165) is 33.4 Å². The van der Waals surface area contributed by atoms with Crippen LogP contribution in [0.1, 0.15) is 15.9 Å². The number of carbonyl (C=O) groups is 1. The molecular formula is C27H22N4O. The van der Waals surface area contributed by atoms with Crippen molar-refractivity contribution in [2.75, 3.05) is 7.05 Å². The molecule has 5 nitrogen and oxygen atoms in total. The van der Waals surface area contributed by atoms with E-state index in [1.807, 2.05) is 109 Å². The van der Waals surface area contributed by atoms with Crippen molar-refractivity contribution in [3.63, 3.8) is 0 Å². The fraction of sp³-hybridized carbons (Fsp3) is 0.0741. The first kappa shape index (κ1) is 19.7. The van der Waals surface area contributed by atoms with Crippen LogP contribution in [-0.4, -0.2) is 32.6 Å². The van der Waals surface area contributed by atoms with Crippen LogP contribution >= 0.6 is 0 Å². The van der Waals surface area contributed by atoms with Crippen LogP contribution in [0.4, 0.5) is 0 Å². The molecule has 2 aromatic heterocycles.